The molecule has 2 heterocycles. The van der Waals surface area contributed by atoms with E-state index in [9.17, 15) is 14.0 Å². The third kappa shape index (κ3) is 6.91. The van der Waals surface area contributed by atoms with Gasteiger partial charge in [-0.15, -0.1) is 0 Å². The number of aromatic nitrogens is 2. The highest BCUT2D eigenvalue weighted by atomic mass is 19.1. The van der Waals surface area contributed by atoms with E-state index in [-0.39, 0.29) is 42.2 Å². The summed E-state index contributed by atoms with van der Waals surface area (Å²) in [6.07, 6.45) is 6.01. The molecule has 1 N–H and O–H groups in total. The zero-order valence-corrected chi connectivity index (χ0v) is 21.7. The molecule has 38 heavy (non-hydrogen) atoms. The first-order valence-electron chi connectivity index (χ1n) is 12.9. The van der Waals surface area contributed by atoms with Crippen molar-refractivity contribution in [2.75, 3.05) is 7.11 Å². The van der Waals surface area contributed by atoms with Crippen molar-refractivity contribution in [2.45, 2.75) is 70.9 Å². The highest BCUT2D eigenvalue weighted by molar-refractivity contribution is 6.01. The SMILES string of the molecule is COc1cc(CNC(=O)c2cc(C3=NOC(C4CCC(CCC(=O)CC#N)CC4)C3)nc(C)n2)ccc1F. The summed E-state index contributed by atoms with van der Waals surface area (Å²) in [7, 11) is 1.39. The normalized spacial score (nSPS) is 20.7. The van der Waals surface area contributed by atoms with E-state index in [1.807, 2.05) is 6.07 Å². The fourth-order valence-corrected chi connectivity index (χ4v) is 5.11. The molecule has 1 unspecified atom stereocenters. The Morgan fingerprint density at radius 2 is 2.00 bits per heavy atom. The number of benzene rings is 1. The second-order valence-corrected chi connectivity index (χ2v) is 9.92. The number of hydrogen-bond donors (Lipinski definition) is 1. The van der Waals surface area contributed by atoms with Gasteiger partial charge in [-0.05, 0) is 61.8 Å². The molecule has 1 amide bonds. The molecule has 0 spiro atoms. The van der Waals surface area contributed by atoms with Gasteiger partial charge in [0.25, 0.3) is 5.91 Å². The summed E-state index contributed by atoms with van der Waals surface area (Å²) in [5, 5.41) is 15.7. The average molecular weight is 522 g/mol. The summed E-state index contributed by atoms with van der Waals surface area (Å²) in [5.74, 6) is 0.642. The molecule has 2 aliphatic rings. The standard InChI is InChI=1S/C28H32FN5O4/c1-17-32-23(14-25(33-17)28(36)31-16-19-6-10-22(29)27(13-19)37-2)24-15-26(38-34-24)20-7-3-18(4-8-20)5-9-21(35)11-12-30/h6,10,13-14,18,20,26H,3-5,7-9,11,15-16H2,1-2H3,(H,31,36). The Balaban J connectivity index is 1.30. The number of hydrogen-bond acceptors (Lipinski definition) is 8. The molecule has 0 saturated heterocycles. The summed E-state index contributed by atoms with van der Waals surface area (Å²) in [5.41, 5.74) is 2.18. The number of ketones is 1. The third-order valence-electron chi connectivity index (χ3n) is 7.25. The van der Waals surface area contributed by atoms with Crippen LogP contribution in [0.3, 0.4) is 0 Å². The van der Waals surface area contributed by atoms with E-state index in [1.165, 1.54) is 13.2 Å². The number of ether oxygens (including phenoxy) is 1. The molecule has 10 heteroatoms. The lowest BCUT2D eigenvalue weighted by Gasteiger charge is -2.30. The number of Topliss-reactive ketones (excluding diaryl/α,β-unsaturated/α-hetero) is 1. The molecule has 1 aliphatic heterocycles. The van der Waals surface area contributed by atoms with Gasteiger partial charge < -0.3 is 14.9 Å². The second-order valence-electron chi connectivity index (χ2n) is 9.92. The largest absolute Gasteiger partial charge is 0.494 e. The summed E-state index contributed by atoms with van der Waals surface area (Å²) < 4.78 is 18.6. The number of aryl methyl sites for hydroxylation is 1. The van der Waals surface area contributed by atoms with E-state index in [2.05, 4.69) is 20.4 Å². The quantitative estimate of drug-likeness (QED) is 0.490. The van der Waals surface area contributed by atoms with Gasteiger partial charge in [-0.2, -0.15) is 5.26 Å². The number of nitrogens with zero attached hydrogens (tertiary/aromatic N) is 4. The fourth-order valence-electron chi connectivity index (χ4n) is 5.11. The minimum absolute atomic E-state index is 0.000737. The maximum atomic E-state index is 13.6. The zero-order chi connectivity index (χ0) is 27.1. The Labute approximate surface area is 221 Å². The van der Waals surface area contributed by atoms with Crippen LogP contribution in [0.2, 0.25) is 0 Å². The van der Waals surface area contributed by atoms with Crippen LogP contribution in [0.15, 0.2) is 29.4 Å². The molecule has 2 aromatic rings. The molecule has 1 aromatic carbocycles. The predicted molar refractivity (Wildman–Crippen MR) is 137 cm³/mol. The lowest BCUT2D eigenvalue weighted by atomic mass is 9.76. The highest BCUT2D eigenvalue weighted by Crippen LogP contribution is 2.37. The van der Waals surface area contributed by atoms with Crippen LogP contribution >= 0.6 is 0 Å². The van der Waals surface area contributed by atoms with Crippen molar-refractivity contribution in [2.24, 2.45) is 17.0 Å². The van der Waals surface area contributed by atoms with E-state index in [0.29, 0.717) is 47.5 Å². The van der Waals surface area contributed by atoms with Gasteiger partial charge in [0, 0.05) is 19.4 Å². The van der Waals surface area contributed by atoms with Crippen LogP contribution in [0.1, 0.15) is 78.9 Å². The monoisotopic (exact) mass is 521 g/mol. The number of rotatable bonds is 10. The van der Waals surface area contributed by atoms with Crippen molar-refractivity contribution in [3.05, 3.63) is 52.9 Å². The first kappa shape index (κ1) is 27.2. The average Bonchev–Trinajstić information content (AvgIpc) is 3.42. The van der Waals surface area contributed by atoms with Crippen molar-refractivity contribution >= 4 is 17.4 Å². The minimum Gasteiger partial charge on any atom is -0.494 e. The minimum atomic E-state index is -0.465. The van der Waals surface area contributed by atoms with Crippen molar-refractivity contribution in [1.82, 2.24) is 15.3 Å². The molecular weight excluding hydrogens is 489 g/mol. The Bertz CT molecular complexity index is 1250. The van der Waals surface area contributed by atoms with Crippen molar-refractivity contribution < 1.29 is 23.6 Å². The highest BCUT2D eigenvalue weighted by Gasteiger charge is 2.34. The first-order valence-corrected chi connectivity index (χ1v) is 12.9. The van der Waals surface area contributed by atoms with Gasteiger partial charge in [-0.1, -0.05) is 24.1 Å². The number of nitriles is 1. The topological polar surface area (TPSA) is 127 Å². The van der Waals surface area contributed by atoms with Crippen LogP contribution < -0.4 is 10.1 Å². The van der Waals surface area contributed by atoms with E-state index in [1.54, 1.807) is 25.1 Å². The molecule has 1 aromatic heterocycles. The van der Waals surface area contributed by atoms with E-state index < -0.39 is 5.82 Å². The van der Waals surface area contributed by atoms with Crippen molar-refractivity contribution in [3.8, 4) is 11.8 Å². The number of carbonyl (C=O) groups excluding carboxylic acids is 2. The molecule has 1 fully saturated rings. The molecule has 0 radical (unpaired) electrons. The Morgan fingerprint density at radius 3 is 2.74 bits per heavy atom. The van der Waals surface area contributed by atoms with Gasteiger partial charge >= 0.3 is 0 Å². The van der Waals surface area contributed by atoms with Crippen LogP contribution in [0, 0.1) is 35.9 Å². The van der Waals surface area contributed by atoms with Crippen LogP contribution in [-0.4, -0.2) is 40.6 Å². The number of nitrogens with one attached hydrogen (secondary N) is 1. The Hall–Kier alpha value is -3.87. The predicted octanol–water partition coefficient (Wildman–Crippen LogP) is 4.43. The summed E-state index contributed by atoms with van der Waals surface area (Å²) in [4.78, 5) is 39.0. The lowest BCUT2D eigenvalue weighted by Crippen LogP contribution is -2.27. The van der Waals surface area contributed by atoms with Gasteiger partial charge in [0.15, 0.2) is 11.6 Å². The summed E-state index contributed by atoms with van der Waals surface area (Å²) in [6, 6.07) is 7.96. The second kappa shape index (κ2) is 12.6. The van der Waals surface area contributed by atoms with E-state index >= 15 is 0 Å². The number of oxime groups is 1. The smallest absolute Gasteiger partial charge is 0.270 e. The van der Waals surface area contributed by atoms with E-state index in [0.717, 1.165) is 32.1 Å². The fraction of sp³-hybridized carbons (Fsp3) is 0.500. The van der Waals surface area contributed by atoms with Crippen LogP contribution in [0.4, 0.5) is 4.39 Å². The molecule has 0 bridgehead atoms. The number of carbonyl (C=O) groups is 2. The zero-order valence-electron chi connectivity index (χ0n) is 21.7. The lowest BCUT2D eigenvalue weighted by molar-refractivity contribution is -0.118. The van der Waals surface area contributed by atoms with Crippen molar-refractivity contribution in [3.63, 3.8) is 0 Å². The summed E-state index contributed by atoms with van der Waals surface area (Å²) in [6.45, 7) is 1.91. The molecule has 200 valence electrons. The Morgan fingerprint density at radius 1 is 1.21 bits per heavy atom. The molecule has 1 atom stereocenters. The maximum absolute atomic E-state index is 13.6. The van der Waals surface area contributed by atoms with Gasteiger partial charge in [0.1, 0.15) is 29.1 Å². The van der Waals surface area contributed by atoms with Crippen molar-refractivity contribution in [1.29, 1.82) is 5.26 Å². The van der Waals surface area contributed by atoms with Gasteiger partial charge in [0.05, 0.1) is 25.3 Å². The molecule has 1 aliphatic carbocycles. The molecule has 4 rings (SSSR count). The number of halogens is 1. The molecular formula is C28H32FN5O4. The van der Waals surface area contributed by atoms with E-state index in [4.69, 9.17) is 14.8 Å². The van der Waals surface area contributed by atoms with Crippen LogP contribution in [0.25, 0.3) is 0 Å². The van der Waals surface area contributed by atoms with Gasteiger partial charge in [-0.25, -0.2) is 14.4 Å². The third-order valence-corrected chi connectivity index (χ3v) is 7.25. The van der Waals surface area contributed by atoms with Crippen LogP contribution in [0.5, 0.6) is 5.75 Å². The Kier molecular flexibility index (Phi) is 9.00. The summed E-state index contributed by atoms with van der Waals surface area (Å²) >= 11 is 0. The molecule has 9 nitrogen and oxygen atoms in total. The van der Waals surface area contributed by atoms with Gasteiger partial charge in [-0.3, -0.25) is 9.59 Å². The molecule has 1 saturated carbocycles. The van der Waals surface area contributed by atoms with Crippen LogP contribution in [-0.2, 0) is 16.2 Å². The first-order chi connectivity index (χ1) is 18.4. The number of amides is 1. The number of methoxy groups -OCH3 is 1. The van der Waals surface area contributed by atoms with Gasteiger partial charge in [0.2, 0.25) is 0 Å². The maximum Gasteiger partial charge on any atom is 0.270 e.